The highest BCUT2D eigenvalue weighted by Gasteiger charge is 2.22. The van der Waals surface area contributed by atoms with Gasteiger partial charge >= 0.3 is 5.97 Å². The molecule has 26 heavy (non-hydrogen) atoms. The second-order valence-corrected chi connectivity index (χ2v) is 7.07. The van der Waals surface area contributed by atoms with Gasteiger partial charge in [-0.15, -0.1) is 0 Å². The first-order valence-corrected chi connectivity index (χ1v) is 9.03. The highest BCUT2D eigenvalue weighted by atomic mass is 79.9. The molecule has 0 spiro atoms. The van der Waals surface area contributed by atoms with E-state index < -0.39 is 5.97 Å². The number of carbonyl (C=O) groups excluding carboxylic acids is 1. The SMILES string of the molecule is O=C1OC(c2ccc(Cl)cc2)=C/C1=C/c1ccc(-c2ccc(Br)cc2)o1. The molecule has 0 amide bonds. The Kier molecular flexibility index (Phi) is 4.53. The van der Waals surface area contributed by atoms with E-state index >= 15 is 0 Å². The maximum absolute atomic E-state index is 12.1. The number of hydrogen-bond acceptors (Lipinski definition) is 3. The van der Waals surface area contributed by atoms with Gasteiger partial charge in [0.05, 0.1) is 5.57 Å². The van der Waals surface area contributed by atoms with Crippen LogP contribution in [0.15, 0.2) is 81.2 Å². The molecule has 2 heterocycles. The number of carbonyl (C=O) groups is 1. The predicted molar refractivity (Wildman–Crippen MR) is 105 cm³/mol. The zero-order chi connectivity index (χ0) is 18.1. The molecule has 0 unspecified atom stereocenters. The molecule has 1 aliphatic heterocycles. The average molecular weight is 428 g/mol. The summed E-state index contributed by atoms with van der Waals surface area (Å²) in [5.74, 6) is 1.41. The fraction of sp³-hybridized carbons (Fsp3) is 0. The second-order valence-electron chi connectivity index (χ2n) is 5.71. The van der Waals surface area contributed by atoms with Crippen molar-refractivity contribution in [1.82, 2.24) is 0 Å². The standard InChI is InChI=1S/C21H12BrClO3/c22-16-5-1-13(2-6-16)19-10-9-18(25-19)11-15-12-20(26-21(15)24)14-3-7-17(23)8-4-14/h1-12H/b15-11-. The van der Waals surface area contributed by atoms with Crippen LogP contribution in [0, 0.1) is 0 Å². The third-order valence-electron chi connectivity index (χ3n) is 3.91. The van der Waals surface area contributed by atoms with Crippen LogP contribution < -0.4 is 0 Å². The number of cyclic esters (lactones) is 1. The van der Waals surface area contributed by atoms with Crippen LogP contribution >= 0.6 is 27.5 Å². The summed E-state index contributed by atoms with van der Waals surface area (Å²) in [5.41, 5.74) is 2.19. The van der Waals surface area contributed by atoms with Gasteiger partial charge in [0.2, 0.25) is 0 Å². The smallest absolute Gasteiger partial charge is 0.343 e. The lowest BCUT2D eigenvalue weighted by atomic mass is 10.1. The molecule has 0 saturated heterocycles. The van der Waals surface area contributed by atoms with Gasteiger partial charge in [-0.25, -0.2) is 4.79 Å². The molecule has 0 saturated carbocycles. The molecule has 2 aromatic carbocycles. The lowest BCUT2D eigenvalue weighted by Gasteiger charge is -2.01. The fourth-order valence-electron chi connectivity index (χ4n) is 2.60. The zero-order valence-electron chi connectivity index (χ0n) is 13.4. The quantitative estimate of drug-likeness (QED) is 0.361. The van der Waals surface area contributed by atoms with E-state index in [1.807, 2.05) is 48.5 Å². The van der Waals surface area contributed by atoms with Crippen molar-refractivity contribution in [2.75, 3.05) is 0 Å². The highest BCUT2D eigenvalue weighted by molar-refractivity contribution is 9.10. The zero-order valence-corrected chi connectivity index (χ0v) is 15.8. The molecule has 0 radical (unpaired) electrons. The van der Waals surface area contributed by atoms with Crippen molar-refractivity contribution >= 4 is 45.3 Å². The van der Waals surface area contributed by atoms with Crippen molar-refractivity contribution in [2.45, 2.75) is 0 Å². The van der Waals surface area contributed by atoms with Crippen LogP contribution in [0.3, 0.4) is 0 Å². The van der Waals surface area contributed by atoms with E-state index in [4.69, 9.17) is 20.8 Å². The number of ether oxygens (including phenoxy) is 1. The minimum absolute atomic E-state index is 0.406. The Hall–Kier alpha value is -2.56. The molecular formula is C21H12BrClO3. The van der Waals surface area contributed by atoms with Gasteiger partial charge < -0.3 is 9.15 Å². The molecule has 0 aliphatic carbocycles. The van der Waals surface area contributed by atoms with Crippen molar-refractivity contribution in [3.8, 4) is 11.3 Å². The van der Waals surface area contributed by atoms with Gasteiger partial charge in [0.25, 0.3) is 0 Å². The lowest BCUT2D eigenvalue weighted by Crippen LogP contribution is -1.96. The maximum atomic E-state index is 12.1. The van der Waals surface area contributed by atoms with Crippen molar-refractivity contribution in [1.29, 1.82) is 0 Å². The Morgan fingerprint density at radius 2 is 1.58 bits per heavy atom. The molecule has 0 atom stereocenters. The summed E-state index contributed by atoms with van der Waals surface area (Å²) in [6.45, 7) is 0. The van der Waals surface area contributed by atoms with Crippen molar-refractivity contribution in [3.05, 3.63) is 93.1 Å². The molecular weight excluding hydrogens is 416 g/mol. The van der Waals surface area contributed by atoms with Crippen LogP contribution in [0.4, 0.5) is 0 Å². The van der Waals surface area contributed by atoms with E-state index in [-0.39, 0.29) is 0 Å². The van der Waals surface area contributed by atoms with Gasteiger partial charge in [-0.3, -0.25) is 0 Å². The molecule has 0 N–H and O–H groups in total. The molecule has 1 aromatic heterocycles. The number of furan rings is 1. The third kappa shape index (κ3) is 3.52. The van der Waals surface area contributed by atoms with Gasteiger partial charge in [0.1, 0.15) is 17.3 Å². The molecule has 3 nitrogen and oxygen atoms in total. The van der Waals surface area contributed by atoms with Gasteiger partial charge in [-0.05, 0) is 60.7 Å². The summed E-state index contributed by atoms with van der Waals surface area (Å²) in [5, 5.41) is 0.630. The monoisotopic (exact) mass is 426 g/mol. The van der Waals surface area contributed by atoms with E-state index in [9.17, 15) is 4.79 Å². The summed E-state index contributed by atoms with van der Waals surface area (Å²) in [6.07, 6.45) is 3.38. The van der Waals surface area contributed by atoms with Crippen LogP contribution in [0.2, 0.25) is 5.02 Å². The van der Waals surface area contributed by atoms with E-state index in [1.54, 1.807) is 24.3 Å². The molecule has 1 aliphatic rings. The normalized spacial score (nSPS) is 15.2. The summed E-state index contributed by atoms with van der Waals surface area (Å²) < 4.78 is 12.2. The molecule has 0 bridgehead atoms. The summed E-state index contributed by atoms with van der Waals surface area (Å²) in [7, 11) is 0. The first-order chi connectivity index (χ1) is 12.6. The molecule has 5 heteroatoms. The minimum atomic E-state index is -0.406. The van der Waals surface area contributed by atoms with Gasteiger partial charge in [0, 0.05) is 20.6 Å². The van der Waals surface area contributed by atoms with Crippen LogP contribution in [0.25, 0.3) is 23.2 Å². The Balaban J connectivity index is 1.61. The van der Waals surface area contributed by atoms with Crippen LogP contribution in [-0.2, 0) is 9.53 Å². The highest BCUT2D eigenvalue weighted by Crippen LogP contribution is 2.30. The van der Waals surface area contributed by atoms with Crippen molar-refractivity contribution in [3.63, 3.8) is 0 Å². The second kappa shape index (κ2) is 6.98. The number of benzene rings is 2. The molecule has 128 valence electrons. The maximum Gasteiger partial charge on any atom is 0.343 e. The van der Waals surface area contributed by atoms with Crippen molar-refractivity contribution in [2.24, 2.45) is 0 Å². The summed E-state index contributed by atoms with van der Waals surface area (Å²) in [4.78, 5) is 12.1. The van der Waals surface area contributed by atoms with Crippen LogP contribution in [0.5, 0.6) is 0 Å². The number of halogens is 2. The number of esters is 1. The average Bonchev–Trinajstić information content (AvgIpc) is 3.24. The Morgan fingerprint density at radius 1 is 0.885 bits per heavy atom. The first-order valence-electron chi connectivity index (χ1n) is 7.86. The number of rotatable bonds is 3. The number of hydrogen-bond donors (Lipinski definition) is 0. The van der Waals surface area contributed by atoms with E-state index in [2.05, 4.69) is 15.9 Å². The molecule has 0 fully saturated rings. The largest absolute Gasteiger partial charge is 0.457 e. The Labute approximate surface area is 163 Å². The van der Waals surface area contributed by atoms with E-state index in [1.165, 1.54) is 0 Å². The molecule has 3 aromatic rings. The topological polar surface area (TPSA) is 39.4 Å². The Bertz CT molecular complexity index is 1030. The lowest BCUT2D eigenvalue weighted by molar-refractivity contribution is -0.130. The minimum Gasteiger partial charge on any atom is -0.457 e. The first kappa shape index (κ1) is 16.9. The van der Waals surface area contributed by atoms with Crippen LogP contribution in [-0.4, -0.2) is 5.97 Å². The predicted octanol–water partition coefficient (Wildman–Crippen LogP) is 6.34. The van der Waals surface area contributed by atoms with Gasteiger partial charge in [-0.1, -0.05) is 39.7 Å². The van der Waals surface area contributed by atoms with E-state index in [0.717, 1.165) is 21.4 Å². The molecule has 4 rings (SSSR count). The third-order valence-corrected chi connectivity index (χ3v) is 4.69. The summed E-state index contributed by atoms with van der Waals surface area (Å²) >= 11 is 9.30. The van der Waals surface area contributed by atoms with Gasteiger partial charge in [0.15, 0.2) is 0 Å². The van der Waals surface area contributed by atoms with E-state index in [0.29, 0.717) is 22.1 Å². The Morgan fingerprint density at radius 3 is 2.31 bits per heavy atom. The summed E-state index contributed by atoms with van der Waals surface area (Å²) in [6, 6.07) is 18.6. The fourth-order valence-corrected chi connectivity index (χ4v) is 2.99. The van der Waals surface area contributed by atoms with Crippen LogP contribution in [0.1, 0.15) is 11.3 Å². The van der Waals surface area contributed by atoms with Gasteiger partial charge in [-0.2, -0.15) is 0 Å². The van der Waals surface area contributed by atoms with Crippen molar-refractivity contribution < 1.29 is 13.9 Å².